The molecule has 0 spiro atoms. The standard InChI is InChI=1S/C40H36N2/c1-27(31-15-7-5-8-16-31)35-25-23-33-19-11-13-21-37(33)39(35)41-29(3)30(4)42-40-36(28(2)32-17-9-6-10-18-32)26-24-34-20-12-14-22-38(34)40/h5-28H,1-4H3/t27-,28-/m1/s1. The molecule has 2 atom stereocenters. The summed E-state index contributed by atoms with van der Waals surface area (Å²) in [6.45, 7) is 8.70. The smallest absolute Gasteiger partial charge is 0.0750 e. The molecule has 0 aliphatic carbocycles. The summed E-state index contributed by atoms with van der Waals surface area (Å²) in [4.78, 5) is 10.7. The molecule has 2 nitrogen and oxygen atoms in total. The normalized spacial score (nSPS) is 13.8. The van der Waals surface area contributed by atoms with Crippen molar-refractivity contribution in [2.75, 3.05) is 0 Å². The van der Waals surface area contributed by atoms with Gasteiger partial charge in [0.25, 0.3) is 0 Å². The molecule has 2 heteroatoms. The topological polar surface area (TPSA) is 24.7 Å². The molecule has 0 amide bonds. The van der Waals surface area contributed by atoms with Crippen molar-refractivity contribution in [2.45, 2.75) is 39.5 Å². The van der Waals surface area contributed by atoms with Crippen LogP contribution in [0.1, 0.15) is 61.8 Å². The van der Waals surface area contributed by atoms with E-state index in [1.165, 1.54) is 33.0 Å². The number of aliphatic imine (C=N–C) groups is 2. The summed E-state index contributed by atoms with van der Waals surface area (Å²) in [7, 11) is 0. The summed E-state index contributed by atoms with van der Waals surface area (Å²) < 4.78 is 0. The lowest BCUT2D eigenvalue weighted by Gasteiger charge is -2.18. The first-order valence-electron chi connectivity index (χ1n) is 14.8. The summed E-state index contributed by atoms with van der Waals surface area (Å²) >= 11 is 0. The molecule has 0 saturated carbocycles. The molecule has 6 aromatic rings. The molecule has 0 bridgehead atoms. The third kappa shape index (κ3) is 5.41. The van der Waals surface area contributed by atoms with E-state index in [0.29, 0.717) is 0 Å². The zero-order valence-corrected chi connectivity index (χ0v) is 24.8. The van der Waals surface area contributed by atoms with Gasteiger partial charge in [0.05, 0.1) is 22.8 Å². The minimum absolute atomic E-state index is 0.205. The van der Waals surface area contributed by atoms with Crippen molar-refractivity contribution in [3.63, 3.8) is 0 Å². The summed E-state index contributed by atoms with van der Waals surface area (Å²) in [6.07, 6.45) is 0. The number of hydrogen-bond donors (Lipinski definition) is 0. The first-order chi connectivity index (χ1) is 20.5. The number of fused-ring (bicyclic) bond motifs is 2. The fraction of sp³-hybridized carbons (Fsp3) is 0.150. The van der Waals surface area contributed by atoms with Crippen LogP contribution in [0.15, 0.2) is 143 Å². The van der Waals surface area contributed by atoms with E-state index in [9.17, 15) is 0 Å². The Morgan fingerprint density at radius 3 is 1.19 bits per heavy atom. The van der Waals surface area contributed by atoms with Crippen LogP contribution in [0, 0.1) is 0 Å². The maximum absolute atomic E-state index is 5.33. The van der Waals surface area contributed by atoms with Gasteiger partial charge in [-0.1, -0.05) is 147 Å². The quantitative estimate of drug-likeness (QED) is 0.179. The molecular formula is C40H36N2. The van der Waals surface area contributed by atoms with E-state index < -0.39 is 0 Å². The van der Waals surface area contributed by atoms with Gasteiger partial charge in [0.2, 0.25) is 0 Å². The third-order valence-corrected chi connectivity index (χ3v) is 8.48. The highest BCUT2D eigenvalue weighted by Crippen LogP contribution is 2.39. The lowest BCUT2D eigenvalue weighted by Crippen LogP contribution is -2.07. The van der Waals surface area contributed by atoms with Crippen LogP contribution < -0.4 is 0 Å². The number of benzene rings is 6. The summed E-state index contributed by atoms with van der Waals surface area (Å²) in [5.74, 6) is 0.409. The predicted octanol–water partition coefficient (Wildman–Crippen LogP) is 11.2. The second-order valence-corrected chi connectivity index (χ2v) is 11.1. The van der Waals surface area contributed by atoms with E-state index in [1.54, 1.807) is 0 Å². The molecule has 0 unspecified atom stereocenters. The Kier molecular flexibility index (Phi) is 7.79. The van der Waals surface area contributed by atoms with Gasteiger partial charge >= 0.3 is 0 Å². The van der Waals surface area contributed by atoms with Crippen LogP contribution >= 0.6 is 0 Å². The maximum atomic E-state index is 5.33. The molecule has 42 heavy (non-hydrogen) atoms. The van der Waals surface area contributed by atoms with E-state index >= 15 is 0 Å². The highest BCUT2D eigenvalue weighted by Gasteiger charge is 2.18. The second kappa shape index (κ2) is 12.0. The van der Waals surface area contributed by atoms with Crippen molar-refractivity contribution in [3.05, 3.63) is 156 Å². The maximum Gasteiger partial charge on any atom is 0.0750 e. The summed E-state index contributed by atoms with van der Waals surface area (Å²) in [5, 5.41) is 4.70. The molecule has 0 aliphatic rings. The minimum Gasteiger partial charge on any atom is -0.251 e. The van der Waals surface area contributed by atoms with Crippen molar-refractivity contribution in [3.8, 4) is 0 Å². The van der Waals surface area contributed by atoms with E-state index in [4.69, 9.17) is 9.98 Å². The minimum atomic E-state index is 0.205. The lowest BCUT2D eigenvalue weighted by molar-refractivity contribution is 0.924. The van der Waals surface area contributed by atoms with Crippen LogP contribution in [0.5, 0.6) is 0 Å². The molecule has 6 rings (SSSR count). The average molecular weight is 545 g/mol. The highest BCUT2D eigenvalue weighted by molar-refractivity contribution is 6.42. The van der Waals surface area contributed by atoms with E-state index in [1.807, 2.05) is 0 Å². The molecule has 0 aromatic heterocycles. The van der Waals surface area contributed by atoms with E-state index in [0.717, 1.165) is 33.6 Å². The third-order valence-electron chi connectivity index (χ3n) is 8.48. The Balaban J connectivity index is 1.49. The van der Waals surface area contributed by atoms with Gasteiger partial charge in [-0.25, -0.2) is 0 Å². The molecular weight excluding hydrogens is 508 g/mol. The Labute approximate surface area is 249 Å². The van der Waals surface area contributed by atoms with Gasteiger partial charge in [0.15, 0.2) is 0 Å². The first kappa shape index (κ1) is 27.4. The van der Waals surface area contributed by atoms with Crippen LogP contribution in [0.25, 0.3) is 21.5 Å². The summed E-state index contributed by atoms with van der Waals surface area (Å²) in [5.41, 5.74) is 8.87. The lowest BCUT2D eigenvalue weighted by atomic mass is 9.89. The van der Waals surface area contributed by atoms with E-state index in [2.05, 4.69) is 161 Å². The second-order valence-electron chi connectivity index (χ2n) is 11.1. The Hall–Kier alpha value is -4.82. The van der Waals surface area contributed by atoms with Crippen molar-refractivity contribution < 1.29 is 0 Å². The SMILES string of the molecule is CC(=Nc1c([C@H](C)c2ccccc2)ccc2ccccc12)C(C)=Nc1c([C@H](C)c2ccccc2)ccc2ccccc12. The fourth-order valence-corrected chi connectivity index (χ4v) is 5.83. The van der Waals surface area contributed by atoms with Gasteiger partial charge in [-0.05, 0) is 46.9 Å². The predicted molar refractivity (Wildman–Crippen MR) is 181 cm³/mol. The van der Waals surface area contributed by atoms with Gasteiger partial charge < -0.3 is 0 Å². The Bertz CT molecular complexity index is 1770. The molecule has 0 radical (unpaired) electrons. The highest BCUT2D eigenvalue weighted by atomic mass is 14.8. The molecule has 0 heterocycles. The molecule has 0 fully saturated rings. The Morgan fingerprint density at radius 1 is 0.429 bits per heavy atom. The zero-order chi connectivity index (χ0) is 29.1. The number of hydrogen-bond acceptors (Lipinski definition) is 2. The molecule has 6 aromatic carbocycles. The molecule has 0 saturated heterocycles. The largest absolute Gasteiger partial charge is 0.251 e. The van der Waals surface area contributed by atoms with Crippen LogP contribution in [-0.4, -0.2) is 11.4 Å². The number of rotatable bonds is 7. The average Bonchev–Trinajstić information content (AvgIpc) is 3.05. The van der Waals surface area contributed by atoms with Crippen LogP contribution in [-0.2, 0) is 0 Å². The van der Waals surface area contributed by atoms with Crippen LogP contribution in [0.2, 0.25) is 0 Å². The molecule has 0 aliphatic heterocycles. The molecule has 206 valence electrons. The monoisotopic (exact) mass is 544 g/mol. The zero-order valence-electron chi connectivity index (χ0n) is 24.8. The summed E-state index contributed by atoms with van der Waals surface area (Å²) in [6, 6.07) is 47.3. The van der Waals surface area contributed by atoms with Gasteiger partial charge in [-0.15, -0.1) is 0 Å². The van der Waals surface area contributed by atoms with Crippen molar-refractivity contribution in [2.24, 2.45) is 9.98 Å². The van der Waals surface area contributed by atoms with Crippen LogP contribution in [0.4, 0.5) is 11.4 Å². The van der Waals surface area contributed by atoms with Crippen LogP contribution in [0.3, 0.4) is 0 Å². The molecule has 0 N–H and O–H groups in total. The first-order valence-corrected chi connectivity index (χ1v) is 14.8. The van der Waals surface area contributed by atoms with Gasteiger partial charge in [0.1, 0.15) is 0 Å². The van der Waals surface area contributed by atoms with E-state index in [-0.39, 0.29) is 11.8 Å². The Morgan fingerprint density at radius 2 is 0.786 bits per heavy atom. The van der Waals surface area contributed by atoms with Gasteiger partial charge in [-0.2, -0.15) is 0 Å². The van der Waals surface area contributed by atoms with Crippen molar-refractivity contribution in [1.29, 1.82) is 0 Å². The van der Waals surface area contributed by atoms with Gasteiger partial charge in [-0.3, -0.25) is 9.98 Å². The number of nitrogens with zero attached hydrogens (tertiary/aromatic N) is 2. The van der Waals surface area contributed by atoms with Gasteiger partial charge in [0, 0.05) is 22.6 Å². The van der Waals surface area contributed by atoms with Crippen molar-refractivity contribution >= 4 is 44.3 Å². The fourth-order valence-electron chi connectivity index (χ4n) is 5.83. The van der Waals surface area contributed by atoms with Crippen molar-refractivity contribution in [1.82, 2.24) is 0 Å².